The van der Waals surface area contributed by atoms with E-state index in [0.29, 0.717) is 11.3 Å². The predicted molar refractivity (Wildman–Crippen MR) is 86.6 cm³/mol. The molecule has 6 nitrogen and oxygen atoms in total. The van der Waals surface area contributed by atoms with E-state index in [4.69, 9.17) is 0 Å². The minimum atomic E-state index is -1.13. The zero-order chi connectivity index (χ0) is 16.8. The van der Waals surface area contributed by atoms with Crippen LogP contribution in [0.3, 0.4) is 0 Å². The SMILES string of the molecule is Cc1cccc(NC(=O)N[C@@H](Cc2ccc(O)cc2)C(=O)O)c1. The number of hydrogen-bond acceptors (Lipinski definition) is 3. The van der Waals surface area contributed by atoms with Gasteiger partial charge < -0.3 is 20.8 Å². The molecule has 4 N–H and O–H groups in total. The van der Waals surface area contributed by atoms with Crippen molar-refractivity contribution in [3.05, 3.63) is 59.7 Å². The molecule has 2 amide bonds. The number of amides is 2. The molecule has 2 aromatic carbocycles. The van der Waals surface area contributed by atoms with Crippen LogP contribution in [0.4, 0.5) is 10.5 Å². The number of phenolic OH excluding ortho intramolecular Hbond substituents is 1. The fourth-order valence-corrected chi connectivity index (χ4v) is 2.12. The van der Waals surface area contributed by atoms with Crippen molar-refractivity contribution in [1.29, 1.82) is 0 Å². The van der Waals surface area contributed by atoms with Crippen LogP contribution in [-0.4, -0.2) is 28.3 Å². The fraction of sp³-hybridized carbons (Fsp3) is 0.176. The van der Waals surface area contributed by atoms with Crippen molar-refractivity contribution in [2.75, 3.05) is 5.32 Å². The van der Waals surface area contributed by atoms with Crippen LogP contribution in [0.2, 0.25) is 0 Å². The Bertz CT molecular complexity index is 698. The molecule has 0 spiro atoms. The summed E-state index contributed by atoms with van der Waals surface area (Å²) >= 11 is 0. The van der Waals surface area contributed by atoms with E-state index in [-0.39, 0.29) is 12.2 Å². The van der Waals surface area contributed by atoms with E-state index < -0.39 is 18.0 Å². The van der Waals surface area contributed by atoms with E-state index in [1.165, 1.54) is 12.1 Å². The highest BCUT2D eigenvalue weighted by Crippen LogP contribution is 2.12. The van der Waals surface area contributed by atoms with Crippen LogP contribution in [0.1, 0.15) is 11.1 Å². The Labute approximate surface area is 133 Å². The summed E-state index contributed by atoms with van der Waals surface area (Å²) in [6.07, 6.45) is 0.122. The Morgan fingerprint density at radius 2 is 1.83 bits per heavy atom. The van der Waals surface area contributed by atoms with Crippen LogP contribution in [-0.2, 0) is 11.2 Å². The maximum absolute atomic E-state index is 12.0. The van der Waals surface area contributed by atoms with Gasteiger partial charge in [0, 0.05) is 12.1 Å². The van der Waals surface area contributed by atoms with Crippen molar-refractivity contribution in [2.24, 2.45) is 0 Å². The lowest BCUT2D eigenvalue weighted by atomic mass is 10.1. The molecule has 0 aliphatic rings. The van der Waals surface area contributed by atoms with Gasteiger partial charge in [0.25, 0.3) is 0 Å². The number of aryl methyl sites for hydroxylation is 1. The van der Waals surface area contributed by atoms with Gasteiger partial charge >= 0.3 is 12.0 Å². The molecule has 0 unspecified atom stereocenters. The third-order valence-corrected chi connectivity index (χ3v) is 3.26. The van der Waals surface area contributed by atoms with Gasteiger partial charge in [-0.1, -0.05) is 24.3 Å². The second-order valence-corrected chi connectivity index (χ2v) is 5.23. The highest BCUT2D eigenvalue weighted by molar-refractivity contribution is 5.92. The Morgan fingerprint density at radius 3 is 2.43 bits per heavy atom. The van der Waals surface area contributed by atoms with Crippen molar-refractivity contribution in [1.82, 2.24) is 5.32 Å². The zero-order valence-electron chi connectivity index (χ0n) is 12.6. The van der Waals surface area contributed by atoms with Gasteiger partial charge in [0.05, 0.1) is 0 Å². The summed E-state index contributed by atoms with van der Waals surface area (Å²) in [7, 11) is 0. The lowest BCUT2D eigenvalue weighted by molar-refractivity contribution is -0.139. The van der Waals surface area contributed by atoms with Crippen molar-refractivity contribution in [2.45, 2.75) is 19.4 Å². The number of carboxylic acid groups (broad SMARTS) is 1. The van der Waals surface area contributed by atoms with Gasteiger partial charge in [-0.2, -0.15) is 0 Å². The molecule has 2 rings (SSSR count). The monoisotopic (exact) mass is 314 g/mol. The minimum absolute atomic E-state index is 0.103. The molecule has 120 valence electrons. The summed E-state index contributed by atoms with van der Waals surface area (Å²) in [5.41, 5.74) is 2.28. The highest BCUT2D eigenvalue weighted by atomic mass is 16.4. The third kappa shape index (κ3) is 5.03. The number of phenols is 1. The van der Waals surface area contributed by atoms with E-state index in [1.54, 1.807) is 30.3 Å². The second kappa shape index (κ2) is 7.31. The summed E-state index contributed by atoms with van der Waals surface area (Å²) in [6.45, 7) is 1.90. The van der Waals surface area contributed by atoms with Crippen molar-refractivity contribution in [3.63, 3.8) is 0 Å². The predicted octanol–water partition coefficient (Wildman–Crippen LogP) is 2.52. The molecule has 23 heavy (non-hydrogen) atoms. The van der Waals surface area contributed by atoms with Crippen LogP contribution in [0, 0.1) is 6.92 Å². The molecule has 0 aliphatic carbocycles. The summed E-state index contributed by atoms with van der Waals surface area (Å²) in [5.74, 6) is -1.02. The van der Waals surface area contributed by atoms with Gasteiger partial charge in [-0.15, -0.1) is 0 Å². The van der Waals surface area contributed by atoms with E-state index in [2.05, 4.69) is 10.6 Å². The average Bonchev–Trinajstić information content (AvgIpc) is 2.48. The summed E-state index contributed by atoms with van der Waals surface area (Å²) < 4.78 is 0. The molecule has 0 fully saturated rings. The molecule has 0 heterocycles. The van der Waals surface area contributed by atoms with Gasteiger partial charge in [-0.25, -0.2) is 9.59 Å². The molecular weight excluding hydrogens is 296 g/mol. The largest absolute Gasteiger partial charge is 0.508 e. The molecule has 6 heteroatoms. The molecule has 0 saturated carbocycles. The van der Waals surface area contributed by atoms with Crippen LogP contribution in [0.15, 0.2) is 48.5 Å². The van der Waals surface area contributed by atoms with E-state index in [0.717, 1.165) is 5.56 Å². The van der Waals surface area contributed by atoms with Crippen LogP contribution in [0.5, 0.6) is 5.75 Å². The van der Waals surface area contributed by atoms with Crippen LogP contribution >= 0.6 is 0 Å². The number of carboxylic acids is 1. The maximum atomic E-state index is 12.0. The zero-order valence-corrected chi connectivity index (χ0v) is 12.6. The first-order chi connectivity index (χ1) is 10.9. The second-order valence-electron chi connectivity index (χ2n) is 5.23. The lowest BCUT2D eigenvalue weighted by Crippen LogP contribution is -2.44. The number of aromatic hydroxyl groups is 1. The molecule has 0 aliphatic heterocycles. The summed E-state index contributed by atoms with van der Waals surface area (Å²) in [4.78, 5) is 23.3. The molecular formula is C17H18N2O4. The lowest BCUT2D eigenvalue weighted by Gasteiger charge is -2.15. The molecule has 0 bridgehead atoms. The van der Waals surface area contributed by atoms with E-state index in [1.807, 2.05) is 13.0 Å². The number of aliphatic carboxylic acids is 1. The Kier molecular flexibility index (Phi) is 5.19. The number of rotatable bonds is 5. The smallest absolute Gasteiger partial charge is 0.326 e. The summed E-state index contributed by atoms with van der Waals surface area (Å²) in [5, 5.41) is 23.5. The Balaban J connectivity index is 1.99. The number of nitrogens with one attached hydrogen (secondary N) is 2. The Hall–Kier alpha value is -3.02. The molecule has 2 aromatic rings. The molecule has 0 aromatic heterocycles. The number of benzene rings is 2. The van der Waals surface area contributed by atoms with Gasteiger partial charge in [0.2, 0.25) is 0 Å². The number of anilines is 1. The topological polar surface area (TPSA) is 98.7 Å². The molecule has 1 atom stereocenters. The molecule has 0 radical (unpaired) electrons. The van der Waals surface area contributed by atoms with Crippen molar-refractivity contribution in [3.8, 4) is 5.75 Å². The molecule has 0 saturated heterocycles. The fourth-order valence-electron chi connectivity index (χ4n) is 2.12. The van der Waals surface area contributed by atoms with E-state index in [9.17, 15) is 19.8 Å². The summed E-state index contributed by atoms with van der Waals surface area (Å²) in [6, 6.07) is 11.7. The first kappa shape index (κ1) is 16.4. The number of urea groups is 1. The van der Waals surface area contributed by atoms with E-state index >= 15 is 0 Å². The minimum Gasteiger partial charge on any atom is -0.508 e. The standard InChI is InChI=1S/C17H18N2O4/c1-11-3-2-4-13(9-11)18-17(23)19-15(16(21)22)10-12-5-7-14(20)8-6-12/h2-9,15,20H,10H2,1H3,(H,21,22)(H2,18,19,23)/t15-/m0/s1. The average molecular weight is 314 g/mol. The third-order valence-electron chi connectivity index (χ3n) is 3.26. The van der Waals surface area contributed by atoms with Crippen LogP contribution in [0.25, 0.3) is 0 Å². The Morgan fingerprint density at radius 1 is 1.13 bits per heavy atom. The van der Waals surface area contributed by atoms with Crippen molar-refractivity contribution < 1.29 is 19.8 Å². The van der Waals surface area contributed by atoms with Gasteiger partial charge in [0.15, 0.2) is 0 Å². The highest BCUT2D eigenvalue weighted by Gasteiger charge is 2.20. The maximum Gasteiger partial charge on any atom is 0.326 e. The first-order valence-corrected chi connectivity index (χ1v) is 7.09. The van der Waals surface area contributed by atoms with Gasteiger partial charge in [-0.3, -0.25) is 0 Å². The van der Waals surface area contributed by atoms with Crippen LogP contribution < -0.4 is 10.6 Å². The first-order valence-electron chi connectivity index (χ1n) is 7.09. The van der Waals surface area contributed by atoms with Crippen molar-refractivity contribution >= 4 is 17.7 Å². The van der Waals surface area contributed by atoms with Gasteiger partial charge in [0.1, 0.15) is 11.8 Å². The number of carbonyl (C=O) groups is 2. The van der Waals surface area contributed by atoms with Gasteiger partial charge in [-0.05, 0) is 42.3 Å². The number of hydrogen-bond donors (Lipinski definition) is 4. The quantitative estimate of drug-likeness (QED) is 0.681. The normalized spacial score (nSPS) is 11.5. The number of carbonyl (C=O) groups excluding carboxylic acids is 1.